The summed E-state index contributed by atoms with van der Waals surface area (Å²) in [5.41, 5.74) is 5.91. The molecule has 0 saturated heterocycles. The molecule has 0 radical (unpaired) electrons. The van der Waals surface area contributed by atoms with Crippen molar-refractivity contribution in [3.63, 3.8) is 0 Å². The van der Waals surface area contributed by atoms with Crippen LogP contribution in [-0.4, -0.2) is 4.98 Å². The van der Waals surface area contributed by atoms with Gasteiger partial charge in [-0.3, -0.25) is 0 Å². The Kier molecular flexibility index (Phi) is 4.12. The van der Waals surface area contributed by atoms with E-state index >= 15 is 0 Å². The van der Waals surface area contributed by atoms with Gasteiger partial charge in [0.05, 0.1) is 5.69 Å². The lowest BCUT2D eigenvalue weighted by Gasteiger charge is -2.06. The quantitative estimate of drug-likeness (QED) is 0.419. The molecule has 0 fully saturated rings. The van der Waals surface area contributed by atoms with Crippen LogP contribution in [0, 0.1) is 5.82 Å². The molecule has 0 aliphatic rings. The van der Waals surface area contributed by atoms with E-state index in [-0.39, 0.29) is 5.82 Å². The van der Waals surface area contributed by atoms with Gasteiger partial charge in [0.25, 0.3) is 0 Å². The van der Waals surface area contributed by atoms with E-state index < -0.39 is 0 Å². The van der Waals surface area contributed by atoms with E-state index in [2.05, 4.69) is 23.2 Å². The molecule has 0 aliphatic carbocycles. The number of H-pyrrole nitrogens is 1. The number of rotatable bonds is 3. The Balaban J connectivity index is 1.92. The second-order valence-corrected chi connectivity index (χ2v) is 6.23. The lowest BCUT2D eigenvalue weighted by Crippen LogP contribution is -1.83. The van der Waals surface area contributed by atoms with E-state index in [4.69, 9.17) is 11.6 Å². The lowest BCUT2D eigenvalue weighted by molar-refractivity contribution is 0.628. The molecule has 0 aliphatic heterocycles. The van der Waals surface area contributed by atoms with Crippen LogP contribution in [0.15, 0.2) is 84.9 Å². The van der Waals surface area contributed by atoms with Gasteiger partial charge in [0.15, 0.2) is 0 Å². The molecule has 1 nitrogen and oxygen atoms in total. The third-order valence-electron chi connectivity index (χ3n) is 4.20. The van der Waals surface area contributed by atoms with Crippen LogP contribution in [0.25, 0.3) is 33.6 Å². The van der Waals surface area contributed by atoms with Crippen LogP contribution in [0.5, 0.6) is 0 Å². The first-order valence-corrected chi connectivity index (χ1v) is 8.39. The highest BCUT2D eigenvalue weighted by atomic mass is 35.5. The molecule has 25 heavy (non-hydrogen) atoms. The Labute approximate surface area is 150 Å². The van der Waals surface area contributed by atoms with Gasteiger partial charge in [-0.25, -0.2) is 4.39 Å². The van der Waals surface area contributed by atoms with E-state index in [1.54, 1.807) is 12.1 Å². The number of hydrogen-bond acceptors (Lipinski definition) is 0. The first-order valence-electron chi connectivity index (χ1n) is 8.01. The van der Waals surface area contributed by atoms with E-state index in [1.165, 1.54) is 12.1 Å². The summed E-state index contributed by atoms with van der Waals surface area (Å²) in [6.45, 7) is 0. The molecule has 0 atom stereocenters. The standard InChI is InChI=1S/C22H15ClFN/c23-20-9-5-4-8-18(20)19-14-21(15-10-12-17(24)13-11-15)25-22(19)16-6-2-1-3-7-16/h1-14,25H. The fourth-order valence-corrected chi connectivity index (χ4v) is 3.20. The van der Waals surface area contributed by atoms with Crippen molar-refractivity contribution >= 4 is 11.6 Å². The van der Waals surface area contributed by atoms with Crippen molar-refractivity contribution in [1.82, 2.24) is 4.98 Å². The topological polar surface area (TPSA) is 15.8 Å². The van der Waals surface area contributed by atoms with Crippen LogP contribution in [0.4, 0.5) is 4.39 Å². The van der Waals surface area contributed by atoms with Crippen LogP contribution >= 0.6 is 11.6 Å². The summed E-state index contributed by atoms with van der Waals surface area (Å²) in [7, 11) is 0. The van der Waals surface area contributed by atoms with Crippen molar-refractivity contribution in [1.29, 1.82) is 0 Å². The van der Waals surface area contributed by atoms with Gasteiger partial charge in [-0.05, 0) is 47.5 Å². The van der Waals surface area contributed by atoms with Gasteiger partial charge in [-0.1, -0.05) is 60.1 Å². The summed E-state index contributed by atoms with van der Waals surface area (Å²) in [6, 6.07) is 26.4. The zero-order valence-electron chi connectivity index (χ0n) is 13.3. The Morgan fingerprint density at radius 1 is 0.680 bits per heavy atom. The predicted molar refractivity (Wildman–Crippen MR) is 102 cm³/mol. The predicted octanol–water partition coefficient (Wildman–Crippen LogP) is 6.81. The number of halogens is 2. The lowest BCUT2D eigenvalue weighted by atomic mass is 10.0. The second-order valence-electron chi connectivity index (χ2n) is 5.82. The number of nitrogens with one attached hydrogen (secondary N) is 1. The molecule has 1 N–H and O–H groups in total. The van der Waals surface area contributed by atoms with Crippen LogP contribution < -0.4 is 0 Å². The van der Waals surface area contributed by atoms with Crippen molar-refractivity contribution in [3.8, 4) is 33.6 Å². The minimum Gasteiger partial charge on any atom is -0.354 e. The average Bonchev–Trinajstić information content (AvgIpc) is 3.08. The van der Waals surface area contributed by atoms with Crippen molar-refractivity contribution in [2.24, 2.45) is 0 Å². The maximum atomic E-state index is 13.2. The third-order valence-corrected chi connectivity index (χ3v) is 4.53. The van der Waals surface area contributed by atoms with E-state index in [0.29, 0.717) is 5.02 Å². The molecule has 0 spiro atoms. The van der Waals surface area contributed by atoms with Crippen LogP contribution in [0.2, 0.25) is 5.02 Å². The summed E-state index contributed by atoms with van der Waals surface area (Å²) in [4.78, 5) is 3.48. The van der Waals surface area contributed by atoms with Gasteiger partial charge in [0.2, 0.25) is 0 Å². The Morgan fingerprint density at radius 2 is 1.36 bits per heavy atom. The fourth-order valence-electron chi connectivity index (χ4n) is 2.96. The van der Waals surface area contributed by atoms with Gasteiger partial charge in [0.1, 0.15) is 5.82 Å². The SMILES string of the molecule is Fc1ccc(-c2cc(-c3ccccc3Cl)c(-c3ccccc3)[nH]2)cc1. The van der Waals surface area contributed by atoms with Gasteiger partial charge in [0, 0.05) is 21.8 Å². The van der Waals surface area contributed by atoms with Crippen molar-refractivity contribution in [3.05, 3.63) is 95.8 Å². The summed E-state index contributed by atoms with van der Waals surface area (Å²) in [5, 5.41) is 0.698. The number of aromatic amines is 1. The monoisotopic (exact) mass is 347 g/mol. The molecule has 0 amide bonds. The van der Waals surface area contributed by atoms with Crippen LogP contribution in [-0.2, 0) is 0 Å². The number of aromatic nitrogens is 1. The largest absolute Gasteiger partial charge is 0.354 e. The zero-order chi connectivity index (χ0) is 17.2. The highest BCUT2D eigenvalue weighted by Crippen LogP contribution is 2.38. The highest BCUT2D eigenvalue weighted by Gasteiger charge is 2.15. The summed E-state index contributed by atoms with van der Waals surface area (Å²) < 4.78 is 13.2. The smallest absolute Gasteiger partial charge is 0.123 e. The van der Waals surface area contributed by atoms with Gasteiger partial charge < -0.3 is 4.98 Å². The van der Waals surface area contributed by atoms with Gasteiger partial charge >= 0.3 is 0 Å². The average molecular weight is 348 g/mol. The fraction of sp³-hybridized carbons (Fsp3) is 0. The van der Waals surface area contributed by atoms with Gasteiger partial charge in [-0.15, -0.1) is 0 Å². The third kappa shape index (κ3) is 3.09. The second kappa shape index (κ2) is 6.58. The molecule has 0 unspecified atom stereocenters. The Morgan fingerprint density at radius 3 is 2.08 bits per heavy atom. The molecule has 3 heteroatoms. The summed E-state index contributed by atoms with van der Waals surface area (Å²) in [6.07, 6.45) is 0. The van der Waals surface area contributed by atoms with Crippen LogP contribution in [0.3, 0.4) is 0 Å². The molecular weight excluding hydrogens is 333 g/mol. The molecule has 1 heterocycles. The summed E-state index contributed by atoms with van der Waals surface area (Å²) in [5.74, 6) is -0.245. The molecule has 4 aromatic rings. The Bertz CT molecular complexity index is 1000. The van der Waals surface area contributed by atoms with Crippen molar-refractivity contribution in [2.45, 2.75) is 0 Å². The number of benzene rings is 3. The molecule has 0 bridgehead atoms. The zero-order valence-corrected chi connectivity index (χ0v) is 14.1. The minimum absolute atomic E-state index is 0.245. The van der Waals surface area contributed by atoms with Crippen molar-refractivity contribution in [2.75, 3.05) is 0 Å². The van der Waals surface area contributed by atoms with Crippen molar-refractivity contribution < 1.29 is 4.39 Å². The Hall–Kier alpha value is -2.84. The molecule has 1 aromatic heterocycles. The first kappa shape index (κ1) is 15.7. The molecule has 4 rings (SSSR count). The van der Waals surface area contributed by atoms with Crippen LogP contribution in [0.1, 0.15) is 0 Å². The maximum Gasteiger partial charge on any atom is 0.123 e. The molecule has 0 saturated carbocycles. The highest BCUT2D eigenvalue weighted by molar-refractivity contribution is 6.33. The van der Waals surface area contributed by atoms with E-state index in [0.717, 1.165) is 33.6 Å². The van der Waals surface area contributed by atoms with E-state index in [9.17, 15) is 4.39 Å². The normalized spacial score (nSPS) is 10.8. The minimum atomic E-state index is -0.245. The molecule has 122 valence electrons. The first-order chi connectivity index (χ1) is 12.2. The van der Waals surface area contributed by atoms with Gasteiger partial charge in [-0.2, -0.15) is 0 Å². The summed E-state index contributed by atoms with van der Waals surface area (Å²) >= 11 is 6.43. The molecule has 3 aromatic carbocycles. The number of hydrogen-bond donors (Lipinski definition) is 1. The molecular formula is C22H15ClFN. The maximum absolute atomic E-state index is 13.2. The van der Waals surface area contributed by atoms with E-state index in [1.807, 2.05) is 42.5 Å².